The van der Waals surface area contributed by atoms with Crippen LogP contribution in [0.15, 0.2) is 24.4 Å². The quantitative estimate of drug-likeness (QED) is 0.861. The maximum absolute atomic E-state index is 13.1. The Morgan fingerprint density at radius 1 is 1.47 bits per heavy atom. The van der Waals surface area contributed by atoms with E-state index in [0.29, 0.717) is 5.92 Å². The molecule has 2 aromatic rings. The van der Waals surface area contributed by atoms with Crippen molar-refractivity contribution < 1.29 is 4.39 Å². The third-order valence-corrected chi connectivity index (χ3v) is 3.43. The SMILES string of the molecule is Fc1ccc2c(cnn2CC2CCCNC2)c1. The summed E-state index contributed by atoms with van der Waals surface area (Å²) < 4.78 is 15.0. The summed E-state index contributed by atoms with van der Waals surface area (Å²) in [7, 11) is 0. The molecule has 0 amide bonds. The topological polar surface area (TPSA) is 29.9 Å². The monoisotopic (exact) mass is 233 g/mol. The average molecular weight is 233 g/mol. The summed E-state index contributed by atoms with van der Waals surface area (Å²) in [5.41, 5.74) is 1.02. The van der Waals surface area contributed by atoms with Crippen LogP contribution in [0.2, 0.25) is 0 Å². The highest BCUT2D eigenvalue weighted by molar-refractivity contribution is 5.78. The summed E-state index contributed by atoms with van der Waals surface area (Å²) in [5.74, 6) is 0.438. The predicted octanol–water partition coefficient (Wildman–Crippen LogP) is 2.17. The van der Waals surface area contributed by atoms with Gasteiger partial charge < -0.3 is 5.32 Å². The molecule has 1 fully saturated rings. The van der Waals surface area contributed by atoms with E-state index in [1.165, 1.54) is 25.0 Å². The molecule has 1 aliphatic heterocycles. The van der Waals surface area contributed by atoms with Gasteiger partial charge in [0.05, 0.1) is 11.7 Å². The molecule has 4 heteroatoms. The second-order valence-electron chi connectivity index (χ2n) is 4.74. The molecule has 2 heterocycles. The van der Waals surface area contributed by atoms with Gasteiger partial charge in [-0.05, 0) is 50.0 Å². The van der Waals surface area contributed by atoms with E-state index in [4.69, 9.17) is 0 Å². The number of halogens is 1. The molecule has 3 nitrogen and oxygen atoms in total. The maximum atomic E-state index is 13.1. The minimum atomic E-state index is -0.198. The molecule has 90 valence electrons. The lowest BCUT2D eigenvalue weighted by Gasteiger charge is -2.22. The lowest BCUT2D eigenvalue weighted by Crippen LogP contribution is -2.32. The minimum absolute atomic E-state index is 0.198. The molecule has 1 atom stereocenters. The first-order valence-electron chi connectivity index (χ1n) is 6.15. The minimum Gasteiger partial charge on any atom is -0.316 e. The van der Waals surface area contributed by atoms with Gasteiger partial charge in [-0.3, -0.25) is 4.68 Å². The molecule has 1 saturated heterocycles. The number of rotatable bonds is 2. The highest BCUT2D eigenvalue weighted by atomic mass is 19.1. The van der Waals surface area contributed by atoms with Crippen molar-refractivity contribution in [2.45, 2.75) is 19.4 Å². The van der Waals surface area contributed by atoms with Gasteiger partial charge in [-0.2, -0.15) is 5.10 Å². The van der Waals surface area contributed by atoms with Gasteiger partial charge >= 0.3 is 0 Å². The third-order valence-electron chi connectivity index (χ3n) is 3.43. The zero-order chi connectivity index (χ0) is 11.7. The molecule has 0 saturated carbocycles. The van der Waals surface area contributed by atoms with Crippen molar-refractivity contribution in [1.29, 1.82) is 0 Å². The number of piperidine rings is 1. The normalized spacial score (nSPS) is 20.9. The van der Waals surface area contributed by atoms with Gasteiger partial charge in [-0.1, -0.05) is 0 Å². The van der Waals surface area contributed by atoms with E-state index in [9.17, 15) is 4.39 Å². The average Bonchev–Trinajstić information content (AvgIpc) is 2.73. The van der Waals surface area contributed by atoms with Crippen molar-refractivity contribution in [3.05, 3.63) is 30.2 Å². The van der Waals surface area contributed by atoms with E-state index in [-0.39, 0.29) is 5.82 Å². The first-order chi connectivity index (χ1) is 8.33. The zero-order valence-electron chi connectivity index (χ0n) is 9.69. The van der Waals surface area contributed by atoms with Crippen LogP contribution >= 0.6 is 0 Å². The Balaban J connectivity index is 1.84. The van der Waals surface area contributed by atoms with Crippen LogP contribution in [0.1, 0.15) is 12.8 Å². The molecular weight excluding hydrogens is 217 g/mol. The molecule has 0 aliphatic carbocycles. The summed E-state index contributed by atoms with van der Waals surface area (Å²) >= 11 is 0. The van der Waals surface area contributed by atoms with Gasteiger partial charge in [0, 0.05) is 11.9 Å². The first-order valence-corrected chi connectivity index (χ1v) is 6.15. The van der Waals surface area contributed by atoms with Gasteiger partial charge in [0.1, 0.15) is 5.82 Å². The van der Waals surface area contributed by atoms with Crippen LogP contribution in [0.4, 0.5) is 4.39 Å². The molecule has 1 unspecified atom stereocenters. The largest absolute Gasteiger partial charge is 0.316 e. The predicted molar refractivity (Wildman–Crippen MR) is 65.3 cm³/mol. The van der Waals surface area contributed by atoms with E-state index >= 15 is 0 Å². The van der Waals surface area contributed by atoms with Crippen molar-refractivity contribution in [3.63, 3.8) is 0 Å². The standard InChI is InChI=1S/C13H16FN3/c14-12-3-4-13-11(6-12)8-16-17(13)9-10-2-1-5-15-7-10/h3-4,6,8,10,15H,1-2,5,7,9H2. The van der Waals surface area contributed by atoms with Crippen LogP contribution < -0.4 is 5.32 Å². The zero-order valence-corrected chi connectivity index (χ0v) is 9.69. The molecule has 0 spiro atoms. The third kappa shape index (κ3) is 2.17. The van der Waals surface area contributed by atoms with Gasteiger partial charge in [0.15, 0.2) is 0 Å². The Morgan fingerprint density at radius 3 is 3.24 bits per heavy atom. The Hall–Kier alpha value is -1.42. The second-order valence-corrected chi connectivity index (χ2v) is 4.74. The van der Waals surface area contributed by atoms with Crippen LogP contribution in [-0.2, 0) is 6.54 Å². The van der Waals surface area contributed by atoms with Crippen molar-refractivity contribution >= 4 is 10.9 Å². The number of fused-ring (bicyclic) bond motifs is 1. The Bertz CT molecular complexity index is 514. The molecule has 1 aromatic heterocycles. The van der Waals surface area contributed by atoms with Crippen molar-refractivity contribution in [3.8, 4) is 0 Å². The number of benzene rings is 1. The Morgan fingerprint density at radius 2 is 2.41 bits per heavy atom. The van der Waals surface area contributed by atoms with E-state index in [1.807, 2.05) is 10.7 Å². The fraction of sp³-hybridized carbons (Fsp3) is 0.462. The van der Waals surface area contributed by atoms with Gasteiger partial charge in [0.2, 0.25) is 0 Å². The van der Waals surface area contributed by atoms with Crippen molar-refractivity contribution in [2.75, 3.05) is 13.1 Å². The van der Waals surface area contributed by atoms with E-state index < -0.39 is 0 Å². The van der Waals surface area contributed by atoms with E-state index in [1.54, 1.807) is 6.20 Å². The van der Waals surface area contributed by atoms with Crippen LogP contribution in [0.5, 0.6) is 0 Å². The van der Waals surface area contributed by atoms with Crippen LogP contribution in [-0.4, -0.2) is 22.9 Å². The fourth-order valence-corrected chi connectivity index (χ4v) is 2.53. The number of hydrogen-bond acceptors (Lipinski definition) is 2. The van der Waals surface area contributed by atoms with Gasteiger partial charge in [-0.25, -0.2) is 4.39 Å². The summed E-state index contributed by atoms with van der Waals surface area (Å²) in [6, 6.07) is 4.85. The molecule has 1 aromatic carbocycles. The first kappa shape index (κ1) is 10.7. The highest BCUT2D eigenvalue weighted by Crippen LogP contribution is 2.18. The molecule has 3 rings (SSSR count). The highest BCUT2D eigenvalue weighted by Gasteiger charge is 2.15. The molecule has 0 radical (unpaired) electrons. The smallest absolute Gasteiger partial charge is 0.124 e. The molecule has 0 bridgehead atoms. The summed E-state index contributed by atoms with van der Waals surface area (Å²) in [6.45, 7) is 3.10. The number of nitrogens with zero attached hydrogens (tertiary/aromatic N) is 2. The van der Waals surface area contributed by atoms with Crippen LogP contribution in [0.25, 0.3) is 10.9 Å². The van der Waals surface area contributed by atoms with Crippen LogP contribution in [0, 0.1) is 11.7 Å². The van der Waals surface area contributed by atoms with Crippen molar-refractivity contribution in [2.24, 2.45) is 5.92 Å². The number of nitrogens with one attached hydrogen (secondary N) is 1. The number of hydrogen-bond donors (Lipinski definition) is 1. The number of aromatic nitrogens is 2. The second kappa shape index (κ2) is 4.45. The summed E-state index contributed by atoms with van der Waals surface area (Å²) in [5, 5.41) is 8.64. The van der Waals surface area contributed by atoms with Gasteiger partial charge in [-0.15, -0.1) is 0 Å². The maximum Gasteiger partial charge on any atom is 0.124 e. The van der Waals surface area contributed by atoms with Gasteiger partial charge in [0.25, 0.3) is 0 Å². The lowest BCUT2D eigenvalue weighted by molar-refractivity contribution is 0.329. The lowest BCUT2D eigenvalue weighted by atomic mass is 10.00. The molecular formula is C13H16FN3. The van der Waals surface area contributed by atoms with E-state index in [0.717, 1.165) is 30.5 Å². The van der Waals surface area contributed by atoms with Crippen molar-refractivity contribution in [1.82, 2.24) is 15.1 Å². The summed E-state index contributed by atoms with van der Waals surface area (Å²) in [6.07, 6.45) is 4.22. The molecule has 1 aliphatic rings. The Kier molecular flexibility index (Phi) is 2.81. The molecule has 17 heavy (non-hydrogen) atoms. The van der Waals surface area contributed by atoms with E-state index in [2.05, 4.69) is 10.4 Å². The molecule has 1 N–H and O–H groups in total. The van der Waals surface area contributed by atoms with Crippen LogP contribution in [0.3, 0.4) is 0 Å². The summed E-state index contributed by atoms with van der Waals surface area (Å²) in [4.78, 5) is 0. The Labute approximate surface area is 99.6 Å². The fourth-order valence-electron chi connectivity index (χ4n) is 2.53.